The number of rotatable bonds is 6. The minimum absolute atomic E-state index is 0.187. The number of carbonyl (C=O) groups is 2. The van der Waals surface area contributed by atoms with Crippen LogP contribution in [-0.2, 0) is 19.1 Å². The number of aromatic nitrogens is 1. The highest BCUT2D eigenvalue weighted by Crippen LogP contribution is 2.07. The van der Waals surface area contributed by atoms with E-state index in [1.54, 1.807) is 38.2 Å². The van der Waals surface area contributed by atoms with Gasteiger partial charge in [-0.15, -0.1) is 0 Å². The summed E-state index contributed by atoms with van der Waals surface area (Å²) in [7, 11) is 0. The molecule has 0 radical (unpaired) electrons. The van der Waals surface area contributed by atoms with Crippen LogP contribution in [0.3, 0.4) is 0 Å². The minimum Gasteiger partial charge on any atom is -0.465 e. The molecule has 0 aliphatic carbocycles. The van der Waals surface area contributed by atoms with Gasteiger partial charge in [-0.25, -0.2) is 9.98 Å². The van der Waals surface area contributed by atoms with Gasteiger partial charge in [-0.05, 0) is 26.0 Å². The predicted octanol–water partition coefficient (Wildman–Crippen LogP) is 1.53. The van der Waals surface area contributed by atoms with Gasteiger partial charge in [0.15, 0.2) is 11.7 Å². The van der Waals surface area contributed by atoms with Gasteiger partial charge in [-0.2, -0.15) is 0 Å². The van der Waals surface area contributed by atoms with Gasteiger partial charge < -0.3 is 9.47 Å². The van der Waals surface area contributed by atoms with E-state index in [-0.39, 0.29) is 13.2 Å². The van der Waals surface area contributed by atoms with Crippen molar-refractivity contribution >= 4 is 24.0 Å². The molecule has 0 N–H and O–H groups in total. The molecule has 1 heterocycles. The average molecular weight is 264 g/mol. The number of pyridine rings is 1. The third kappa shape index (κ3) is 4.87. The lowest BCUT2D eigenvalue weighted by atomic mass is 10.2. The molecule has 102 valence electrons. The van der Waals surface area contributed by atoms with E-state index in [4.69, 9.17) is 9.47 Å². The number of nitrogens with zero attached hydrogens (tertiary/aromatic N) is 2. The van der Waals surface area contributed by atoms with E-state index in [2.05, 4.69) is 9.98 Å². The van der Waals surface area contributed by atoms with Crippen molar-refractivity contribution in [2.24, 2.45) is 10.9 Å². The Morgan fingerprint density at radius 3 is 2.37 bits per heavy atom. The van der Waals surface area contributed by atoms with E-state index < -0.39 is 17.9 Å². The van der Waals surface area contributed by atoms with Gasteiger partial charge in [0.1, 0.15) is 0 Å². The Morgan fingerprint density at radius 1 is 1.26 bits per heavy atom. The number of hydrogen-bond donors (Lipinski definition) is 0. The molecule has 0 spiro atoms. The van der Waals surface area contributed by atoms with Gasteiger partial charge >= 0.3 is 11.9 Å². The summed E-state index contributed by atoms with van der Waals surface area (Å²) >= 11 is 0. The first kappa shape index (κ1) is 14.8. The summed E-state index contributed by atoms with van der Waals surface area (Å²) in [4.78, 5) is 31.2. The number of carbonyl (C=O) groups excluding carboxylic acids is 2. The highest BCUT2D eigenvalue weighted by molar-refractivity contribution is 6.09. The normalized spacial score (nSPS) is 10.7. The van der Waals surface area contributed by atoms with Crippen molar-refractivity contribution in [1.29, 1.82) is 0 Å². The monoisotopic (exact) mass is 264 g/mol. The largest absolute Gasteiger partial charge is 0.465 e. The van der Waals surface area contributed by atoms with Crippen LogP contribution in [0.1, 0.15) is 13.8 Å². The molecule has 1 aromatic rings. The van der Waals surface area contributed by atoms with E-state index in [9.17, 15) is 9.59 Å². The lowest BCUT2D eigenvalue weighted by Crippen LogP contribution is -2.29. The van der Waals surface area contributed by atoms with Crippen LogP contribution in [0.25, 0.3) is 0 Å². The predicted molar refractivity (Wildman–Crippen MR) is 69.1 cm³/mol. The Morgan fingerprint density at radius 2 is 1.89 bits per heavy atom. The lowest BCUT2D eigenvalue weighted by molar-refractivity contribution is -0.157. The highest BCUT2D eigenvalue weighted by Gasteiger charge is 2.27. The molecule has 0 aliphatic rings. The Hall–Kier alpha value is -2.24. The lowest BCUT2D eigenvalue weighted by Gasteiger charge is -2.09. The third-order valence-electron chi connectivity index (χ3n) is 2.09. The zero-order chi connectivity index (χ0) is 14.1. The summed E-state index contributed by atoms with van der Waals surface area (Å²) in [5, 5.41) is 0. The third-order valence-corrected chi connectivity index (χ3v) is 2.09. The summed E-state index contributed by atoms with van der Waals surface area (Å²) in [5.74, 6) is -2.12. The standard InChI is InChI=1S/C13H16N2O4/c1-3-18-12(16)10(13(17)19-4-2)9-15-11-7-5-6-8-14-11/h5-10H,3-4H2,1-2H3. The molecule has 6 nitrogen and oxygen atoms in total. The molecule has 0 aliphatic heterocycles. The molecule has 0 saturated heterocycles. The summed E-state index contributed by atoms with van der Waals surface area (Å²) < 4.78 is 9.62. The van der Waals surface area contributed by atoms with Gasteiger partial charge in [0.2, 0.25) is 0 Å². The number of ether oxygens (including phenoxy) is 2. The molecule has 0 amide bonds. The van der Waals surface area contributed by atoms with Crippen molar-refractivity contribution in [3.63, 3.8) is 0 Å². The molecular formula is C13H16N2O4. The first-order valence-corrected chi connectivity index (χ1v) is 5.97. The van der Waals surface area contributed by atoms with Crippen molar-refractivity contribution in [2.75, 3.05) is 13.2 Å². The molecular weight excluding hydrogens is 248 g/mol. The fourth-order valence-electron chi connectivity index (χ4n) is 1.26. The molecule has 0 aromatic carbocycles. The summed E-state index contributed by atoms with van der Waals surface area (Å²) in [5.41, 5.74) is 0. The summed E-state index contributed by atoms with van der Waals surface area (Å²) in [6, 6.07) is 5.15. The van der Waals surface area contributed by atoms with Crippen LogP contribution in [0.5, 0.6) is 0 Å². The quantitative estimate of drug-likeness (QED) is 0.442. The van der Waals surface area contributed by atoms with Crippen LogP contribution in [0.2, 0.25) is 0 Å². The van der Waals surface area contributed by atoms with Crippen molar-refractivity contribution in [3.05, 3.63) is 24.4 Å². The Labute approximate surface area is 111 Å². The van der Waals surface area contributed by atoms with Gasteiger partial charge in [0.05, 0.1) is 13.2 Å². The van der Waals surface area contributed by atoms with Crippen molar-refractivity contribution in [1.82, 2.24) is 4.98 Å². The Balaban J connectivity index is 2.82. The maximum atomic E-state index is 11.6. The van der Waals surface area contributed by atoms with Crippen LogP contribution >= 0.6 is 0 Å². The van der Waals surface area contributed by atoms with Crippen LogP contribution in [0.15, 0.2) is 29.4 Å². The van der Waals surface area contributed by atoms with Crippen molar-refractivity contribution in [3.8, 4) is 0 Å². The van der Waals surface area contributed by atoms with E-state index in [1.807, 2.05) is 0 Å². The van der Waals surface area contributed by atoms with Gasteiger partial charge in [-0.3, -0.25) is 9.59 Å². The molecule has 0 fully saturated rings. The second-order valence-corrected chi connectivity index (χ2v) is 3.45. The molecule has 0 atom stereocenters. The average Bonchev–Trinajstić information content (AvgIpc) is 2.41. The fourth-order valence-corrected chi connectivity index (χ4v) is 1.26. The van der Waals surface area contributed by atoms with Crippen LogP contribution in [-0.4, -0.2) is 36.4 Å². The Kier molecular flexibility index (Phi) is 6.21. The zero-order valence-corrected chi connectivity index (χ0v) is 10.9. The van der Waals surface area contributed by atoms with Gasteiger partial charge in [0, 0.05) is 12.4 Å². The minimum atomic E-state index is -1.16. The van der Waals surface area contributed by atoms with Gasteiger partial charge in [-0.1, -0.05) is 6.07 Å². The van der Waals surface area contributed by atoms with Crippen molar-refractivity contribution < 1.29 is 19.1 Å². The second kappa shape index (κ2) is 7.97. The van der Waals surface area contributed by atoms with E-state index in [1.165, 1.54) is 6.21 Å². The number of hydrogen-bond acceptors (Lipinski definition) is 6. The SMILES string of the molecule is CCOC(=O)C(C=Nc1ccccn1)C(=O)OCC. The maximum absolute atomic E-state index is 11.6. The second-order valence-electron chi connectivity index (χ2n) is 3.45. The molecule has 19 heavy (non-hydrogen) atoms. The van der Waals surface area contributed by atoms with Gasteiger partial charge in [0.25, 0.3) is 0 Å². The van der Waals surface area contributed by atoms with Crippen LogP contribution in [0, 0.1) is 5.92 Å². The van der Waals surface area contributed by atoms with Crippen LogP contribution in [0.4, 0.5) is 5.82 Å². The smallest absolute Gasteiger partial charge is 0.325 e. The zero-order valence-electron chi connectivity index (χ0n) is 10.9. The molecule has 0 bridgehead atoms. The molecule has 1 rings (SSSR count). The summed E-state index contributed by atoms with van der Waals surface area (Å²) in [6.07, 6.45) is 2.76. The Bertz CT molecular complexity index is 427. The first-order chi connectivity index (χ1) is 9.19. The van der Waals surface area contributed by atoms with Crippen molar-refractivity contribution in [2.45, 2.75) is 13.8 Å². The molecule has 1 aromatic heterocycles. The first-order valence-electron chi connectivity index (χ1n) is 5.97. The van der Waals surface area contributed by atoms with E-state index in [0.717, 1.165) is 0 Å². The maximum Gasteiger partial charge on any atom is 0.325 e. The van der Waals surface area contributed by atoms with E-state index >= 15 is 0 Å². The number of esters is 2. The molecule has 0 unspecified atom stereocenters. The fraction of sp³-hybridized carbons (Fsp3) is 0.385. The van der Waals surface area contributed by atoms with Crippen LogP contribution < -0.4 is 0 Å². The summed E-state index contributed by atoms with van der Waals surface area (Å²) in [6.45, 7) is 3.70. The topological polar surface area (TPSA) is 77.9 Å². The number of aliphatic imine (C=N–C) groups is 1. The highest BCUT2D eigenvalue weighted by atomic mass is 16.6. The molecule has 0 saturated carbocycles. The van der Waals surface area contributed by atoms with E-state index in [0.29, 0.717) is 5.82 Å². The molecule has 6 heteroatoms.